The van der Waals surface area contributed by atoms with E-state index < -0.39 is 174 Å². The Morgan fingerprint density at radius 3 is 0.985 bits per heavy atom. The molecule has 34 heteroatoms. The molecule has 136 heavy (non-hydrogen) atoms. The Kier molecular flexibility index (Phi) is 43.1. The highest BCUT2D eigenvalue weighted by Gasteiger charge is 2.60. The van der Waals surface area contributed by atoms with E-state index in [0.29, 0.717) is 16.7 Å². The predicted octanol–water partition coefficient (Wildman–Crippen LogP) is 13.3. The molecule has 3 N–H and O–H groups in total. The molecule has 2 amide bonds. The number of azide groups is 1. The third kappa shape index (κ3) is 33.4. The van der Waals surface area contributed by atoms with Gasteiger partial charge in [-0.3, -0.25) is 28.3 Å². The Morgan fingerprint density at radius 2 is 0.684 bits per heavy atom. The maximum Gasteiger partial charge on any atom is 0.303 e. The minimum absolute atomic E-state index is 0.00228. The second kappa shape index (κ2) is 54.8. The predicted molar refractivity (Wildman–Crippen MR) is 503 cm³/mol. The molecular weight excluding hydrogens is 1780 g/mol. The molecule has 32 nitrogen and oxygen atoms in total. The molecule has 1 unspecified atom stereocenters. The molecule has 4 fully saturated rings. The number of quaternary nitrogens is 1. The van der Waals surface area contributed by atoms with Gasteiger partial charge in [0.05, 0.1) is 106 Å². The lowest BCUT2D eigenvalue weighted by Gasteiger charge is -2.52. The lowest BCUT2D eigenvalue weighted by atomic mass is 9.94. The summed E-state index contributed by atoms with van der Waals surface area (Å²) < 4.78 is 153. The fourth-order valence-electron chi connectivity index (χ4n) is 16.0. The van der Waals surface area contributed by atoms with Crippen LogP contribution in [0, 0.1) is 0 Å². The van der Waals surface area contributed by atoms with Gasteiger partial charge >= 0.3 is 11.9 Å². The Balaban J connectivity index is 0.00000244. The summed E-state index contributed by atoms with van der Waals surface area (Å²) >= 11 is 0. The van der Waals surface area contributed by atoms with Crippen molar-refractivity contribution >= 4 is 39.9 Å². The summed E-state index contributed by atoms with van der Waals surface area (Å²) in [7, 11) is -9.13. The largest absolute Gasteiger partial charge is 0.756 e. The highest BCUT2D eigenvalue weighted by Crippen LogP contribution is 2.49. The van der Waals surface area contributed by atoms with Gasteiger partial charge in [-0.15, -0.1) is 0 Å². The van der Waals surface area contributed by atoms with E-state index in [-0.39, 0.29) is 85.8 Å². The maximum absolute atomic E-state index is 16.4. The van der Waals surface area contributed by atoms with Gasteiger partial charge in [0, 0.05) is 39.2 Å². The second-order valence-corrected chi connectivity index (χ2v) is 41.2. The zero-order valence-electron chi connectivity index (χ0n) is 79.6. The van der Waals surface area contributed by atoms with Crippen LogP contribution in [0.1, 0.15) is 114 Å². The molecule has 21 atom stereocenters. The van der Waals surface area contributed by atoms with Crippen LogP contribution in [0.2, 0.25) is 18.1 Å². The average Bonchev–Trinajstić information content (AvgIpc) is 0.755. The van der Waals surface area contributed by atoms with Gasteiger partial charge in [0.15, 0.2) is 45.7 Å². The van der Waals surface area contributed by atoms with E-state index >= 15 is 9.46 Å². The van der Waals surface area contributed by atoms with Gasteiger partial charge in [0.1, 0.15) is 85.3 Å². The number of ether oxygens (including phenoxy) is 17. The summed E-state index contributed by atoms with van der Waals surface area (Å²) in [4.78, 5) is 77.4. The summed E-state index contributed by atoms with van der Waals surface area (Å²) in [5, 5.41) is 9.15. The van der Waals surface area contributed by atoms with Crippen molar-refractivity contribution in [1.82, 2.24) is 10.6 Å². The van der Waals surface area contributed by atoms with E-state index in [1.165, 1.54) is 40.4 Å². The van der Waals surface area contributed by atoms with Crippen LogP contribution in [-0.2, 0) is 171 Å². The first-order chi connectivity index (χ1) is 65.7. The van der Waals surface area contributed by atoms with Crippen LogP contribution in [0.15, 0.2) is 248 Å². The molecule has 0 radical (unpaired) electrons. The summed E-state index contributed by atoms with van der Waals surface area (Å²) in [6, 6.07) is 70.7. The lowest BCUT2D eigenvalue weighted by molar-refractivity contribution is -0.894. The molecule has 0 spiro atoms. The van der Waals surface area contributed by atoms with E-state index in [1.807, 2.05) is 213 Å². The summed E-state index contributed by atoms with van der Waals surface area (Å²) in [5.74, 6) is -3.05. The molecule has 4 aliphatic rings. The van der Waals surface area contributed by atoms with Crippen molar-refractivity contribution in [3.63, 3.8) is 0 Å². The third-order valence-corrected chi connectivity index (χ3v) is 29.3. The van der Waals surface area contributed by atoms with E-state index in [1.54, 1.807) is 47.4 Å². The quantitative estimate of drug-likeness (QED) is 0.00606. The van der Waals surface area contributed by atoms with Crippen molar-refractivity contribution in [2.24, 2.45) is 5.11 Å². The topological polar surface area (TPSA) is 370 Å². The van der Waals surface area contributed by atoms with Gasteiger partial charge in [-0.25, -0.2) is 0 Å². The monoisotopic (exact) mass is 1920 g/mol. The normalized spacial score (nSPS) is 25.6. The van der Waals surface area contributed by atoms with Gasteiger partial charge in [0.25, 0.3) is 7.82 Å². The zero-order valence-corrected chi connectivity index (χ0v) is 81.5. The van der Waals surface area contributed by atoms with Crippen molar-refractivity contribution in [3.8, 4) is 0 Å². The van der Waals surface area contributed by atoms with Gasteiger partial charge in [0.2, 0.25) is 11.8 Å². The molecule has 12 rings (SSSR count). The first kappa shape index (κ1) is 107. The molecule has 8 aromatic rings. The molecule has 736 valence electrons. The number of hydrogen-bond donors (Lipinski definition) is 3. The molecule has 4 heterocycles. The zero-order chi connectivity index (χ0) is 96.8. The Hall–Kier alpha value is -9.40. The van der Waals surface area contributed by atoms with Crippen LogP contribution < -0.4 is 20.4 Å². The molecule has 0 aromatic heterocycles. The van der Waals surface area contributed by atoms with E-state index in [4.69, 9.17) is 94.0 Å². The maximum atomic E-state index is 16.4. The number of phosphoric acid groups is 1. The molecule has 0 bridgehead atoms. The summed E-state index contributed by atoms with van der Waals surface area (Å²) in [6.07, 6.45) is -27.6. The van der Waals surface area contributed by atoms with Crippen molar-refractivity contribution in [2.75, 3.05) is 59.2 Å². The third-order valence-electron chi connectivity index (χ3n) is 23.9. The fraction of sp³-hybridized carbons (Fsp3) is 0.490. The SMILES string of the molecule is CC(=O)N[C@H]1[C@H](O[C@H]2[C@@H](OCc3ccccc3)[C@@H](COCc3ccccc3)O[C@H](OP(=O)([O-])O[C@H]3[C@H](OC(C)=O)[C@@H](NC(C)=O)[C@H](O[C@H]4[C@@H](OCc5ccccc5)[C@@H](COCc5ccccc5)O[C@H](OCCN=[N+]=[N-])[C@@H]4OCc4ccccc4)O[C@@H]3COCc3ccccc3)[C@@H]2OCc2ccccc2)O[C@H](COCc2ccccc2)[C@@H](O[Si](C)(C)C(C)(C)C)[C@@H]1OC(C)=O.CC[NH+](CC)CC. The second-order valence-electron chi connectivity index (χ2n) is 35.1. The smallest absolute Gasteiger partial charge is 0.303 e. The Morgan fingerprint density at radius 1 is 0.397 bits per heavy atom. The van der Waals surface area contributed by atoms with Crippen molar-refractivity contribution in [3.05, 3.63) is 298 Å². The number of carbonyl (C=O) groups is 4. The first-order valence-electron chi connectivity index (χ1n) is 46.4. The van der Waals surface area contributed by atoms with Crippen LogP contribution in [0.5, 0.6) is 0 Å². The van der Waals surface area contributed by atoms with Gasteiger partial charge < -0.3 is 110 Å². The van der Waals surface area contributed by atoms with Crippen molar-refractivity contribution < 1.29 is 128 Å². The summed E-state index contributed by atoms with van der Waals surface area (Å²) in [6.45, 7) is 23.5. The lowest BCUT2D eigenvalue weighted by Crippen LogP contribution is -3.11. The van der Waals surface area contributed by atoms with Gasteiger partial charge in [-0.1, -0.05) is 269 Å². The first-order valence-corrected chi connectivity index (χ1v) is 50.8. The average molecular weight is 1920 g/mol. The van der Waals surface area contributed by atoms with Crippen LogP contribution in [0.4, 0.5) is 0 Å². The minimum atomic E-state index is -6.21. The van der Waals surface area contributed by atoms with Gasteiger partial charge in [-0.2, -0.15) is 0 Å². The minimum Gasteiger partial charge on any atom is -0.756 e. The highest BCUT2D eigenvalue weighted by molar-refractivity contribution is 7.45. The van der Waals surface area contributed by atoms with Crippen LogP contribution in [0.3, 0.4) is 0 Å². The number of esters is 2. The Bertz CT molecular complexity index is 4920. The number of nitrogens with one attached hydrogen (secondary N) is 3. The summed E-state index contributed by atoms with van der Waals surface area (Å²) in [5.41, 5.74) is 15.3. The number of amides is 2. The number of carbonyl (C=O) groups excluding carboxylic acids is 4. The van der Waals surface area contributed by atoms with Crippen LogP contribution >= 0.6 is 7.82 Å². The van der Waals surface area contributed by atoms with Crippen LogP contribution in [-0.4, -0.2) is 214 Å². The number of nitrogens with zero attached hydrogens (tertiary/aromatic N) is 3. The molecule has 8 aromatic carbocycles. The molecule has 0 saturated carbocycles. The molecular formula is C102H133N6O26PSi. The standard InChI is InChI=1S/C96H118N5O26PSi.C6H15N/c1-64(102)99-80-86(117-66(3)104)84(78(62-110-54-70-38-22-12-23-39-70)119-92(80)123-88-82(113-56-72-42-26-14-27-43-72)76(60-108-52-68-34-18-10-19-35-68)121-94(112-51-50-98-101-97)90(88)115-58-74-46-30-16-31-47-74)125-128(106,107)126-95-91(116-59-75-48-32-17-33-49-75)89(83(114-57-73-44-28-15-29-45-73)77(122-95)61-109-53-69-36-20-11-21-37-69)124-93-81(100-65(2)103)87(118-67(4)105)85(127-129(8,9)96(5,6)7)79(120-93)63-111-55-71-40-24-13-25-41-71;1-4-7(5-2)6-3/h10-49,76-95H,50-63H2,1-9H3,(H,99,102)(H,100,103)(H,106,107);4-6H2,1-3H3/t76-,77-,78-,79-,80-,81-,82+,83+,84-,85-,86-,87-,88+,89+,90-,91-,92+,93+,94+,95-;/m1./s1. The number of rotatable bonds is 49. The molecule has 4 saturated heterocycles. The highest BCUT2D eigenvalue weighted by atomic mass is 31.2. The van der Waals surface area contributed by atoms with E-state index in [9.17, 15) is 24.7 Å². The number of hydrogen-bond acceptors (Lipinski definition) is 27. The number of phosphoric ester groups is 1. The molecule has 0 aliphatic carbocycles. The van der Waals surface area contributed by atoms with Gasteiger partial charge in [-0.05, 0) is 88.9 Å². The molecule has 4 aliphatic heterocycles. The number of benzene rings is 8. The fourth-order valence-corrected chi connectivity index (χ4v) is 18.3. The Labute approximate surface area is 798 Å². The van der Waals surface area contributed by atoms with Crippen LogP contribution in [0.25, 0.3) is 10.4 Å². The van der Waals surface area contributed by atoms with Crippen molar-refractivity contribution in [2.45, 2.75) is 263 Å². The van der Waals surface area contributed by atoms with E-state index in [2.05, 4.69) is 62.2 Å². The van der Waals surface area contributed by atoms with E-state index in [0.717, 1.165) is 34.7 Å². The van der Waals surface area contributed by atoms with Crippen molar-refractivity contribution in [1.29, 1.82) is 0 Å².